The van der Waals surface area contributed by atoms with Gasteiger partial charge >= 0.3 is 5.69 Å². The normalized spacial score (nSPS) is 11.8. The van der Waals surface area contributed by atoms with Gasteiger partial charge in [0, 0.05) is 29.2 Å². The van der Waals surface area contributed by atoms with Crippen molar-refractivity contribution < 1.29 is 0 Å². The number of fused-ring (bicyclic) bond motifs is 1. The Kier molecular flexibility index (Phi) is 4.32. The van der Waals surface area contributed by atoms with Crippen LogP contribution in [-0.4, -0.2) is 40.4 Å². The van der Waals surface area contributed by atoms with Gasteiger partial charge in [0.1, 0.15) is 6.54 Å². The van der Waals surface area contributed by atoms with Gasteiger partial charge in [-0.05, 0) is 32.1 Å². The molecule has 4 rings (SSSR count). The molecule has 0 atom stereocenters. The first-order chi connectivity index (χ1) is 13.1. The zero-order chi connectivity index (χ0) is 19.0. The van der Waals surface area contributed by atoms with Crippen LogP contribution in [0.3, 0.4) is 0 Å². The standard InChI is InChI=1S/C17H18N8OS/c1-3-23-15(20-21-16(23)27)10-24-17(26)25(11(2)22-24)19-9-12-8-18-14-7-5-4-6-13(12)14/h4-9,18H,3,10H2,1-2H3,(H,21,27)/b19-9-. The van der Waals surface area contributed by atoms with Crippen LogP contribution in [0.1, 0.15) is 24.1 Å². The Morgan fingerprint density at radius 2 is 2.15 bits per heavy atom. The Balaban J connectivity index is 1.67. The summed E-state index contributed by atoms with van der Waals surface area (Å²) in [6.45, 7) is 4.59. The van der Waals surface area contributed by atoms with Crippen LogP contribution >= 0.6 is 12.2 Å². The largest absolute Gasteiger partial charge is 0.367 e. The number of para-hydroxylation sites is 1. The maximum atomic E-state index is 12.7. The highest BCUT2D eigenvalue weighted by atomic mass is 32.1. The van der Waals surface area contributed by atoms with E-state index in [1.54, 1.807) is 13.1 Å². The van der Waals surface area contributed by atoms with Gasteiger partial charge in [-0.15, -0.1) is 0 Å². The summed E-state index contributed by atoms with van der Waals surface area (Å²) >= 11 is 5.18. The third kappa shape index (κ3) is 3.04. The van der Waals surface area contributed by atoms with E-state index in [0.29, 0.717) is 23.0 Å². The predicted molar refractivity (Wildman–Crippen MR) is 105 cm³/mol. The van der Waals surface area contributed by atoms with E-state index >= 15 is 0 Å². The molecule has 1 aromatic carbocycles. The summed E-state index contributed by atoms with van der Waals surface area (Å²) in [5.74, 6) is 1.14. The van der Waals surface area contributed by atoms with E-state index in [1.807, 2.05) is 42.0 Å². The highest BCUT2D eigenvalue weighted by Crippen LogP contribution is 2.15. The van der Waals surface area contributed by atoms with E-state index in [9.17, 15) is 4.79 Å². The van der Waals surface area contributed by atoms with Gasteiger partial charge in [0.25, 0.3) is 0 Å². The topological polar surface area (TPSA) is 102 Å². The quantitative estimate of drug-likeness (QED) is 0.407. The second-order valence-electron chi connectivity index (χ2n) is 6.02. The zero-order valence-electron chi connectivity index (χ0n) is 14.9. The summed E-state index contributed by atoms with van der Waals surface area (Å²) in [6.07, 6.45) is 3.51. The summed E-state index contributed by atoms with van der Waals surface area (Å²) in [7, 11) is 0. The molecule has 0 aliphatic rings. The Labute approximate surface area is 159 Å². The lowest BCUT2D eigenvalue weighted by atomic mass is 10.2. The lowest BCUT2D eigenvalue weighted by Crippen LogP contribution is -2.25. The van der Waals surface area contributed by atoms with Crippen LogP contribution in [0.5, 0.6) is 0 Å². The molecule has 3 heterocycles. The minimum atomic E-state index is -0.333. The number of nitrogens with one attached hydrogen (secondary N) is 2. The van der Waals surface area contributed by atoms with Crippen molar-refractivity contribution in [3.8, 4) is 0 Å². The molecule has 0 spiro atoms. The van der Waals surface area contributed by atoms with Gasteiger partial charge in [-0.25, -0.2) is 9.48 Å². The second kappa shape index (κ2) is 6.80. The lowest BCUT2D eigenvalue weighted by molar-refractivity contribution is 0.581. The maximum Gasteiger partial charge on any atom is 0.367 e. The number of nitrogens with zero attached hydrogens (tertiary/aromatic N) is 6. The van der Waals surface area contributed by atoms with Crippen LogP contribution in [0.2, 0.25) is 0 Å². The van der Waals surface area contributed by atoms with Gasteiger partial charge < -0.3 is 9.55 Å². The first-order valence-electron chi connectivity index (χ1n) is 8.49. The number of H-pyrrole nitrogens is 2. The van der Waals surface area contributed by atoms with Crippen molar-refractivity contribution in [3.05, 3.63) is 62.9 Å². The number of aromatic nitrogens is 7. The molecule has 9 nitrogen and oxygen atoms in total. The van der Waals surface area contributed by atoms with Crippen molar-refractivity contribution in [1.82, 2.24) is 34.2 Å². The average Bonchev–Trinajstić information content (AvgIpc) is 3.31. The highest BCUT2D eigenvalue weighted by molar-refractivity contribution is 7.71. The van der Waals surface area contributed by atoms with Crippen molar-refractivity contribution >= 4 is 29.3 Å². The number of aromatic amines is 2. The fraction of sp³-hybridized carbons (Fsp3) is 0.235. The first kappa shape index (κ1) is 17.2. The van der Waals surface area contributed by atoms with Gasteiger partial charge in [0.15, 0.2) is 16.4 Å². The predicted octanol–water partition coefficient (Wildman–Crippen LogP) is 2.04. The van der Waals surface area contributed by atoms with Crippen LogP contribution in [0.15, 0.2) is 40.4 Å². The third-order valence-corrected chi connectivity index (χ3v) is 4.66. The van der Waals surface area contributed by atoms with Crippen molar-refractivity contribution in [3.63, 3.8) is 0 Å². The molecule has 4 aromatic rings. The first-order valence-corrected chi connectivity index (χ1v) is 8.90. The van der Waals surface area contributed by atoms with Crippen molar-refractivity contribution in [2.24, 2.45) is 5.10 Å². The molecule has 0 fully saturated rings. The highest BCUT2D eigenvalue weighted by Gasteiger charge is 2.13. The van der Waals surface area contributed by atoms with E-state index in [4.69, 9.17) is 12.2 Å². The molecule has 138 valence electrons. The molecule has 0 radical (unpaired) electrons. The number of benzene rings is 1. The zero-order valence-corrected chi connectivity index (χ0v) is 15.7. The Bertz CT molecular complexity index is 1250. The van der Waals surface area contributed by atoms with Crippen molar-refractivity contribution in [2.45, 2.75) is 26.9 Å². The number of aryl methyl sites for hydroxylation is 1. The lowest BCUT2D eigenvalue weighted by Gasteiger charge is -2.01. The number of hydrogen-bond donors (Lipinski definition) is 2. The van der Waals surface area contributed by atoms with Crippen LogP contribution in [0, 0.1) is 11.7 Å². The molecule has 2 N–H and O–H groups in total. The maximum absolute atomic E-state index is 12.7. The summed E-state index contributed by atoms with van der Waals surface area (Å²) in [4.78, 5) is 15.9. The van der Waals surface area contributed by atoms with Gasteiger partial charge in [0.2, 0.25) is 0 Å². The Morgan fingerprint density at radius 3 is 2.96 bits per heavy atom. The molecule has 0 amide bonds. The van der Waals surface area contributed by atoms with Gasteiger partial charge in [-0.2, -0.15) is 20.0 Å². The van der Waals surface area contributed by atoms with E-state index < -0.39 is 0 Å². The smallest absolute Gasteiger partial charge is 0.361 e. The average molecular weight is 382 g/mol. The third-order valence-electron chi connectivity index (χ3n) is 4.35. The molecular formula is C17H18N8OS. The van der Waals surface area contributed by atoms with Crippen molar-refractivity contribution in [2.75, 3.05) is 0 Å². The molecule has 0 saturated carbocycles. The van der Waals surface area contributed by atoms with Gasteiger partial charge in [-0.1, -0.05) is 18.2 Å². The molecule has 0 bridgehead atoms. The summed E-state index contributed by atoms with van der Waals surface area (Å²) in [5.41, 5.74) is 1.58. The molecule has 0 aliphatic carbocycles. The second-order valence-corrected chi connectivity index (χ2v) is 6.41. The molecule has 0 saturated heterocycles. The van der Waals surface area contributed by atoms with E-state index in [-0.39, 0.29) is 12.2 Å². The SMILES string of the molecule is CCn1c(Cn2nc(C)n(/N=C\c3c[nH]c4ccccc34)c2=O)n[nH]c1=S. The molecule has 0 unspecified atom stereocenters. The minimum Gasteiger partial charge on any atom is -0.361 e. The Hall–Kier alpha value is -3.27. The van der Waals surface area contributed by atoms with E-state index in [1.165, 1.54) is 9.36 Å². The van der Waals surface area contributed by atoms with Crippen LogP contribution in [-0.2, 0) is 13.1 Å². The van der Waals surface area contributed by atoms with E-state index in [0.717, 1.165) is 16.5 Å². The van der Waals surface area contributed by atoms with Crippen molar-refractivity contribution in [1.29, 1.82) is 0 Å². The van der Waals surface area contributed by atoms with Gasteiger partial charge in [-0.3, -0.25) is 5.10 Å². The summed E-state index contributed by atoms with van der Waals surface area (Å²) in [6, 6.07) is 7.91. The van der Waals surface area contributed by atoms with Crippen LogP contribution in [0.25, 0.3) is 10.9 Å². The van der Waals surface area contributed by atoms with E-state index in [2.05, 4.69) is 25.4 Å². The van der Waals surface area contributed by atoms with Gasteiger partial charge in [0.05, 0.1) is 6.21 Å². The van der Waals surface area contributed by atoms with Crippen LogP contribution < -0.4 is 5.69 Å². The Morgan fingerprint density at radius 1 is 1.33 bits per heavy atom. The molecular weight excluding hydrogens is 364 g/mol. The minimum absolute atomic E-state index is 0.219. The monoisotopic (exact) mass is 382 g/mol. The number of rotatable bonds is 5. The number of hydrogen-bond acceptors (Lipinski definition) is 5. The summed E-state index contributed by atoms with van der Waals surface area (Å²) in [5, 5.41) is 16.6. The molecule has 0 aliphatic heterocycles. The fourth-order valence-corrected chi connectivity index (χ4v) is 3.28. The summed E-state index contributed by atoms with van der Waals surface area (Å²) < 4.78 is 4.96. The fourth-order valence-electron chi connectivity index (χ4n) is 3.00. The molecule has 27 heavy (non-hydrogen) atoms. The molecule has 3 aromatic heterocycles. The molecule has 10 heteroatoms. The van der Waals surface area contributed by atoms with Crippen LogP contribution in [0.4, 0.5) is 0 Å².